The van der Waals surface area contributed by atoms with Crippen LogP contribution in [0.1, 0.15) is 206 Å². The lowest BCUT2D eigenvalue weighted by atomic mass is 9.98. The highest BCUT2D eigenvalue weighted by Gasteiger charge is 2.47. The molecule has 0 bridgehead atoms. The van der Waals surface area contributed by atoms with E-state index >= 15 is 0 Å². The third-order valence-electron chi connectivity index (χ3n) is 14.5. The van der Waals surface area contributed by atoms with Crippen LogP contribution in [0.5, 0.6) is 0 Å². The Bertz CT molecular complexity index is 1830. The lowest BCUT2D eigenvalue weighted by Crippen LogP contribution is -2.61. The number of aliphatic hydroxyl groups is 7. The fourth-order valence-corrected chi connectivity index (χ4v) is 9.40. The van der Waals surface area contributed by atoms with Gasteiger partial charge in [0, 0.05) is 13.0 Å². The van der Waals surface area contributed by atoms with Gasteiger partial charge in [0.1, 0.15) is 54.9 Å². The molecule has 0 aromatic heterocycles. The van der Waals surface area contributed by atoms with E-state index in [1.807, 2.05) is 0 Å². The molecule has 7 N–H and O–H groups in total. The van der Waals surface area contributed by atoms with Gasteiger partial charge in [-0.3, -0.25) is 4.79 Å². The molecule has 0 aromatic carbocycles. The number of unbranched alkanes of at least 4 members (excludes halogenated alkanes) is 17. The normalized spacial score (nSPS) is 24.3. The Balaban J connectivity index is 1.69. The number of hydrogen-bond acceptors (Lipinski definition) is 14. The first-order valence-electron chi connectivity index (χ1n) is 32.1. The van der Waals surface area contributed by atoms with Gasteiger partial charge < -0.3 is 64.2 Å². The summed E-state index contributed by atoms with van der Waals surface area (Å²) in [5.74, 6) is -0.393. The zero-order valence-electron chi connectivity index (χ0n) is 51.1. The molecule has 0 radical (unpaired) electrons. The minimum Gasteiger partial charge on any atom is -0.457 e. The van der Waals surface area contributed by atoms with Crippen molar-refractivity contribution in [2.75, 3.05) is 33.0 Å². The van der Waals surface area contributed by atoms with E-state index in [4.69, 9.17) is 28.4 Å². The molecule has 0 amide bonds. The van der Waals surface area contributed by atoms with Crippen LogP contribution < -0.4 is 0 Å². The van der Waals surface area contributed by atoms with Crippen molar-refractivity contribution in [3.8, 4) is 0 Å². The Morgan fingerprint density at radius 2 is 0.747 bits per heavy atom. The Morgan fingerprint density at radius 3 is 1.17 bits per heavy atom. The largest absolute Gasteiger partial charge is 0.457 e. The van der Waals surface area contributed by atoms with Crippen molar-refractivity contribution in [1.82, 2.24) is 0 Å². The molecule has 0 aliphatic carbocycles. The van der Waals surface area contributed by atoms with Gasteiger partial charge in [-0.15, -0.1) is 0 Å². The van der Waals surface area contributed by atoms with Crippen LogP contribution in [0.25, 0.3) is 0 Å². The second kappa shape index (κ2) is 53.8. The summed E-state index contributed by atoms with van der Waals surface area (Å²) in [4.78, 5) is 13.1. The Labute approximate surface area is 501 Å². The minimum absolute atomic E-state index is 0.0457. The molecular weight excluding hydrogens is 1050 g/mol. The third-order valence-corrected chi connectivity index (χ3v) is 14.5. The van der Waals surface area contributed by atoms with Crippen LogP contribution in [0.4, 0.5) is 0 Å². The molecule has 83 heavy (non-hydrogen) atoms. The van der Waals surface area contributed by atoms with Crippen LogP contribution in [0, 0.1) is 0 Å². The molecule has 474 valence electrons. The number of hydrogen-bond donors (Lipinski definition) is 7. The van der Waals surface area contributed by atoms with Gasteiger partial charge in [-0.05, 0) is 103 Å². The van der Waals surface area contributed by atoms with Crippen LogP contribution in [0.15, 0.2) is 122 Å². The molecule has 0 spiro atoms. The second-order valence-corrected chi connectivity index (χ2v) is 21.8. The summed E-state index contributed by atoms with van der Waals surface area (Å²) in [6.45, 7) is 3.43. The summed E-state index contributed by atoms with van der Waals surface area (Å²) in [5, 5.41) is 72.5. The fraction of sp³-hybridized carbons (Fsp3) is 0.696. The molecule has 11 atom stereocenters. The molecule has 2 rings (SSSR count). The molecule has 2 fully saturated rings. The number of carbonyl (C=O) groups excluding carboxylic acids is 1. The highest BCUT2D eigenvalue weighted by Crippen LogP contribution is 2.27. The van der Waals surface area contributed by atoms with E-state index in [0.29, 0.717) is 13.0 Å². The second-order valence-electron chi connectivity index (χ2n) is 21.8. The van der Waals surface area contributed by atoms with E-state index in [1.165, 1.54) is 51.4 Å². The maximum absolute atomic E-state index is 13.1. The maximum Gasteiger partial charge on any atom is 0.306 e. The molecule has 0 aromatic rings. The monoisotopic (exact) mass is 1170 g/mol. The zero-order valence-corrected chi connectivity index (χ0v) is 51.1. The molecule has 14 nitrogen and oxygen atoms in total. The van der Waals surface area contributed by atoms with E-state index in [1.54, 1.807) is 0 Å². The van der Waals surface area contributed by atoms with Crippen molar-refractivity contribution in [2.24, 2.45) is 0 Å². The number of esters is 1. The quantitative estimate of drug-likeness (QED) is 0.0172. The summed E-state index contributed by atoms with van der Waals surface area (Å²) < 4.78 is 34.5. The molecule has 0 saturated carbocycles. The first-order chi connectivity index (χ1) is 40.6. The summed E-state index contributed by atoms with van der Waals surface area (Å²) in [5.41, 5.74) is 0. The van der Waals surface area contributed by atoms with Crippen LogP contribution in [0.2, 0.25) is 0 Å². The number of carbonyl (C=O) groups is 1. The standard InChI is InChI=1S/C69H114O14/c1-3-5-7-9-11-13-15-17-19-21-23-25-27-28-29-31-33-35-37-39-41-43-45-47-49-51-53-78-55-58(56-79-68-67(77)65(75)63(73)60(83-68)57-80-69-66(76)64(74)62(72)59(54-70)82-69)81-61(71)52-50-48-46-44-42-40-38-36-34-32-30-26-24-22-20-18-16-14-12-10-8-6-4-2/h5-8,11-14,17-20,23-26,28-29,32,34,58-60,62-70,72-77H,3-4,9-10,15-16,21-22,27,30-31,33,35-57H2,1-2H3/b7-5-,8-6-,13-11-,14-12-,19-17-,20-18-,25-23-,26-24-,29-28-,34-32-. The van der Waals surface area contributed by atoms with Gasteiger partial charge in [-0.2, -0.15) is 0 Å². The summed E-state index contributed by atoms with van der Waals surface area (Å²) in [7, 11) is 0. The van der Waals surface area contributed by atoms with Crippen molar-refractivity contribution in [3.63, 3.8) is 0 Å². The smallest absolute Gasteiger partial charge is 0.306 e. The Morgan fingerprint density at radius 1 is 0.398 bits per heavy atom. The van der Waals surface area contributed by atoms with Crippen LogP contribution >= 0.6 is 0 Å². The van der Waals surface area contributed by atoms with Gasteiger partial charge in [-0.1, -0.05) is 219 Å². The summed E-state index contributed by atoms with van der Waals surface area (Å²) in [6.07, 6.45) is 59.7. The van der Waals surface area contributed by atoms with Crippen LogP contribution in [-0.2, 0) is 33.2 Å². The molecule has 2 aliphatic rings. The molecule has 2 heterocycles. The zero-order chi connectivity index (χ0) is 60.1. The van der Waals surface area contributed by atoms with Gasteiger partial charge in [0.15, 0.2) is 12.6 Å². The van der Waals surface area contributed by atoms with Gasteiger partial charge in [0.2, 0.25) is 0 Å². The predicted octanol–water partition coefficient (Wildman–Crippen LogP) is 12.9. The fourth-order valence-electron chi connectivity index (χ4n) is 9.40. The van der Waals surface area contributed by atoms with Gasteiger partial charge >= 0.3 is 5.97 Å². The highest BCUT2D eigenvalue weighted by molar-refractivity contribution is 5.69. The summed E-state index contributed by atoms with van der Waals surface area (Å²) >= 11 is 0. The number of rotatable bonds is 51. The number of ether oxygens (including phenoxy) is 6. The molecule has 2 aliphatic heterocycles. The first kappa shape index (κ1) is 75.5. The van der Waals surface area contributed by atoms with E-state index in [0.717, 1.165) is 128 Å². The highest BCUT2D eigenvalue weighted by atomic mass is 16.7. The van der Waals surface area contributed by atoms with Crippen molar-refractivity contribution >= 4 is 5.97 Å². The van der Waals surface area contributed by atoms with Crippen LogP contribution in [0.3, 0.4) is 0 Å². The number of allylic oxidation sites excluding steroid dienone is 20. The summed E-state index contributed by atoms with van der Waals surface area (Å²) in [6, 6.07) is 0. The van der Waals surface area contributed by atoms with Crippen LogP contribution in [-0.4, -0.2) is 142 Å². The molecule has 14 heteroatoms. The molecule has 2 saturated heterocycles. The van der Waals surface area contributed by atoms with E-state index < -0.39 is 86.7 Å². The third kappa shape index (κ3) is 39.7. The SMILES string of the molecule is CC/C=C\C/C=C\C/C=C\C/C=C\C/C=C\CCCCCCCCCCCCOCC(COC1OC(COC2OC(CO)C(O)C(O)C2O)C(O)C(O)C1O)OC(=O)CCCCCCCCC/C=C\C/C=C\C/C=C\C/C=C\C/C=C\CC. The molecular formula is C69H114O14. The Hall–Kier alpha value is -3.61. The maximum atomic E-state index is 13.1. The van der Waals surface area contributed by atoms with E-state index in [9.17, 15) is 40.5 Å². The van der Waals surface area contributed by atoms with E-state index in [-0.39, 0.29) is 19.6 Å². The van der Waals surface area contributed by atoms with Crippen molar-refractivity contribution in [1.29, 1.82) is 0 Å². The first-order valence-corrected chi connectivity index (χ1v) is 32.1. The van der Waals surface area contributed by atoms with Gasteiger partial charge in [0.05, 0.1) is 26.4 Å². The molecule has 11 unspecified atom stereocenters. The predicted molar refractivity (Wildman–Crippen MR) is 334 cm³/mol. The number of aliphatic hydroxyl groups excluding tert-OH is 7. The average molecular weight is 1170 g/mol. The lowest BCUT2D eigenvalue weighted by Gasteiger charge is -2.42. The minimum atomic E-state index is -1.72. The van der Waals surface area contributed by atoms with Crippen molar-refractivity contribution in [3.05, 3.63) is 122 Å². The van der Waals surface area contributed by atoms with Crippen molar-refractivity contribution < 1.29 is 69.0 Å². The average Bonchev–Trinajstić information content (AvgIpc) is 3.69. The Kier molecular flexibility index (Phi) is 49.0. The van der Waals surface area contributed by atoms with Crippen molar-refractivity contribution in [2.45, 2.75) is 274 Å². The topological polar surface area (TPSA) is 214 Å². The van der Waals surface area contributed by atoms with Gasteiger partial charge in [-0.25, -0.2) is 0 Å². The van der Waals surface area contributed by atoms with Gasteiger partial charge in [0.25, 0.3) is 0 Å². The van der Waals surface area contributed by atoms with E-state index in [2.05, 4.69) is 135 Å². The lowest BCUT2D eigenvalue weighted by molar-refractivity contribution is -0.332.